The molecule has 0 unspecified atom stereocenters. The van der Waals surface area contributed by atoms with Crippen molar-refractivity contribution in [2.45, 2.75) is 18.0 Å². The van der Waals surface area contributed by atoms with Gasteiger partial charge in [0.15, 0.2) is 0 Å². The minimum atomic E-state index is -3.71. The van der Waals surface area contributed by atoms with Crippen LogP contribution in [0.2, 0.25) is 0 Å². The van der Waals surface area contributed by atoms with Crippen LogP contribution < -0.4 is 20.5 Å². The number of benzene rings is 2. The Labute approximate surface area is 140 Å². The van der Waals surface area contributed by atoms with Gasteiger partial charge in [-0.3, -0.25) is 0 Å². The molecule has 4 N–H and O–H groups in total. The van der Waals surface area contributed by atoms with E-state index in [-0.39, 0.29) is 17.5 Å². The summed E-state index contributed by atoms with van der Waals surface area (Å²) in [6.45, 7) is 0.641. The first-order valence-electron chi connectivity index (χ1n) is 7.15. The molecule has 0 saturated carbocycles. The summed E-state index contributed by atoms with van der Waals surface area (Å²) < 4.78 is 27.5. The first kappa shape index (κ1) is 17.8. The first-order chi connectivity index (χ1) is 11.4. The molecule has 24 heavy (non-hydrogen) atoms. The number of carbonyl (C=O) groups excluding carboxylic acids is 1. The molecule has 0 saturated heterocycles. The topological polar surface area (TPSA) is 111 Å². The van der Waals surface area contributed by atoms with Crippen LogP contribution in [0.15, 0.2) is 53.4 Å². The van der Waals surface area contributed by atoms with Gasteiger partial charge in [0.1, 0.15) is 5.75 Å². The predicted octanol–water partition coefficient (Wildman–Crippen LogP) is 1.34. The second kappa shape index (κ2) is 7.80. The molecule has 0 heterocycles. The van der Waals surface area contributed by atoms with Crippen molar-refractivity contribution in [2.24, 2.45) is 5.14 Å². The second-order valence-electron chi connectivity index (χ2n) is 5.08. The minimum absolute atomic E-state index is 0.0359. The van der Waals surface area contributed by atoms with E-state index in [9.17, 15) is 13.2 Å². The Morgan fingerprint density at radius 3 is 2.25 bits per heavy atom. The van der Waals surface area contributed by atoms with Crippen molar-refractivity contribution >= 4 is 16.1 Å². The quantitative estimate of drug-likeness (QED) is 0.731. The molecule has 0 aliphatic heterocycles. The molecule has 0 spiro atoms. The average molecular weight is 349 g/mol. The van der Waals surface area contributed by atoms with E-state index in [1.165, 1.54) is 12.1 Å². The number of primary sulfonamides is 1. The van der Waals surface area contributed by atoms with Crippen LogP contribution in [0.4, 0.5) is 4.79 Å². The SMILES string of the molecule is COc1cccc(CNC(=O)NCc2ccc(S(N)(=O)=O)cc2)c1. The van der Waals surface area contributed by atoms with E-state index in [1.807, 2.05) is 24.3 Å². The van der Waals surface area contributed by atoms with E-state index in [0.717, 1.165) is 16.9 Å². The number of ether oxygens (including phenoxy) is 1. The Morgan fingerprint density at radius 1 is 1.04 bits per heavy atom. The van der Waals surface area contributed by atoms with Crippen LogP contribution >= 0.6 is 0 Å². The fraction of sp³-hybridized carbons (Fsp3) is 0.188. The van der Waals surface area contributed by atoms with Gasteiger partial charge >= 0.3 is 6.03 Å². The number of nitrogens with two attached hydrogens (primary N) is 1. The Bertz CT molecular complexity index is 804. The third kappa shape index (κ3) is 5.25. The van der Waals surface area contributed by atoms with E-state index in [2.05, 4.69) is 10.6 Å². The summed E-state index contributed by atoms with van der Waals surface area (Å²) >= 11 is 0. The highest BCUT2D eigenvalue weighted by molar-refractivity contribution is 7.89. The van der Waals surface area contributed by atoms with Gasteiger partial charge in [-0.1, -0.05) is 24.3 Å². The third-order valence-corrected chi connectivity index (χ3v) is 4.22. The lowest BCUT2D eigenvalue weighted by molar-refractivity contribution is 0.240. The van der Waals surface area contributed by atoms with E-state index < -0.39 is 10.0 Å². The number of sulfonamides is 1. The summed E-state index contributed by atoms with van der Waals surface area (Å²) in [7, 11) is -2.12. The van der Waals surface area contributed by atoms with Crippen LogP contribution in [0.25, 0.3) is 0 Å². The molecule has 0 bridgehead atoms. The smallest absolute Gasteiger partial charge is 0.315 e. The van der Waals surface area contributed by atoms with Crippen LogP contribution in [0.5, 0.6) is 5.75 Å². The Kier molecular flexibility index (Phi) is 5.78. The zero-order valence-electron chi connectivity index (χ0n) is 13.2. The zero-order valence-corrected chi connectivity index (χ0v) is 14.0. The van der Waals surface area contributed by atoms with Crippen LogP contribution in [-0.2, 0) is 23.1 Å². The minimum Gasteiger partial charge on any atom is -0.497 e. The predicted molar refractivity (Wildman–Crippen MR) is 89.9 cm³/mol. The van der Waals surface area contributed by atoms with Crippen LogP contribution in [-0.4, -0.2) is 21.6 Å². The maximum absolute atomic E-state index is 11.8. The van der Waals surface area contributed by atoms with Gasteiger partial charge in [-0.25, -0.2) is 18.4 Å². The maximum atomic E-state index is 11.8. The van der Waals surface area contributed by atoms with Crippen LogP contribution in [0.3, 0.4) is 0 Å². The Hall–Kier alpha value is -2.58. The molecule has 2 amide bonds. The molecule has 2 aromatic rings. The van der Waals surface area contributed by atoms with Gasteiger partial charge < -0.3 is 15.4 Å². The van der Waals surface area contributed by atoms with E-state index >= 15 is 0 Å². The van der Waals surface area contributed by atoms with Crippen molar-refractivity contribution in [3.63, 3.8) is 0 Å². The molecule has 2 rings (SSSR count). The molecule has 7 nitrogen and oxygen atoms in total. The summed E-state index contributed by atoms with van der Waals surface area (Å²) in [6.07, 6.45) is 0. The van der Waals surface area contributed by atoms with Crippen LogP contribution in [0, 0.1) is 0 Å². The van der Waals surface area contributed by atoms with Gasteiger partial charge in [-0.2, -0.15) is 0 Å². The van der Waals surface area contributed by atoms with E-state index in [1.54, 1.807) is 19.2 Å². The van der Waals surface area contributed by atoms with Crippen molar-refractivity contribution < 1.29 is 17.9 Å². The Balaban J connectivity index is 1.82. The number of methoxy groups -OCH3 is 1. The molecule has 0 aromatic heterocycles. The fourth-order valence-electron chi connectivity index (χ4n) is 2.01. The standard InChI is InChI=1S/C16H19N3O4S/c1-23-14-4-2-3-13(9-14)11-19-16(20)18-10-12-5-7-15(8-6-12)24(17,21)22/h2-9H,10-11H2,1H3,(H2,17,21,22)(H2,18,19,20). The molecule has 0 aliphatic rings. The summed E-state index contributed by atoms with van der Waals surface area (Å²) in [5, 5.41) is 10.5. The van der Waals surface area contributed by atoms with Crippen molar-refractivity contribution in [1.29, 1.82) is 0 Å². The molecule has 0 radical (unpaired) electrons. The summed E-state index contributed by atoms with van der Waals surface area (Å²) in [5.41, 5.74) is 1.68. The lowest BCUT2D eigenvalue weighted by atomic mass is 10.2. The number of carbonyl (C=O) groups is 1. The summed E-state index contributed by atoms with van der Waals surface area (Å²) in [5.74, 6) is 0.727. The van der Waals surface area contributed by atoms with Gasteiger partial charge in [0.05, 0.1) is 12.0 Å². The van der Waals surface area contributed by atoms with Gasteiger partial charge in [0, 0.05) is 13.1 Å². The lowest BCUT2D eigenvalue weighted by Crippen LogP contribution is -2.34. The van der Waals surface area contributed by atoms with Gasteiger partial charge in [0.25, 0.3) is 0 Å². The highest BCUT2D eigenvalue weighted by Crippen LogP contribution is 2.12. The molecular weight excluding hydrogens is 330 g/mol. The first-order valence-corrected chi connectivity index (χ1v) is 8.69. The summed E-state index contributed by atoms with van der Waals surface area (Å²) in [4.78, 5) is 11.8. The largest absolute Gasteiger partial charge is 0.497 e. The highest BCUT2D eigenvalue weighted by atomic mass is 32.2. The van der Waals surface area contributed by atoms with Crippen molar-refractivity contribution in [3.8, 4) is 5.75 Å². The van der Waals surface area contributed by atoms with Crippen molar-refractivity contribution in [1.82, 2.24) is 10.6 Å². The molecule has 128 valence electrons. The molecule has 0 atom stereocenters. The number of hydrogen-bond acceptors (Lipinski definition) is 4. The van der Waals surface area contributed by atoms with Crippen molar-refractivity contribution in [3.05, 3.63) is 59.7 Å². The van der Waals surface area contributed by atoms with Gasteiger partial charge in [0.2, 0.25) is 10.0 Å². The molecule has 0 aliphatic carbocycles. The zero-order chi connectivity index (χ0) is 17.6. The van der Waals surface area contributed by atoms with Crippen LogP contribution in [0.1, 0.15) is 11.1 Å². The maximum Gasteiger partial charge on any atom is 0.315 e. The molecule has 0 fully saturated rings. The number of rotatable bonds is 6. The van der Waals surface area contributed by atoms with Gasteiger partial charge in [-0.05, 0) is 35.4 Å². The molecule has 8 heteroatoms. The second-order valence-corrected chi connectivity index (χ2v) is 6.64. The average Bonchev–Trinajstić information content (AvgIpc) is 2.58. The number of urea groups is 1. The normalized spacial score (nSPS) is 10.9. The molecule has 2 aromatic carbocycles. The van der Waals surface area contributed by atoms with Crippen molar-refractivity contribution in [2.75, 3.05) is 7.11 Å². The molecular formula is C16H19N3O4S. The monoisotopic (exact) mass is 349 g/mol. The Morgan fingerprint density at radius 2 is 1.67 bits per heavy atom. The fourth-order valence-corrected chi connectivity index (χ4v) is 2.52. The summed E-state index contributed by atoms with van der Waals surface area (Å²) in [6, 6.07) is 13.1. The van der Waals surface area contributed by atoms with E-state index in [0.29, 0.717) is 6.54 Å². The van der Waals surface area contributed by atoms with Gasteiger partial charge in [-0.15, -0.1) is 0 Å². The highest BCUT2D eigenvalue weighted by Gasteiger charge is 2.07. The lowest BCUT2D eigenvalue weighted by Gasteiger charge is -2.09. The van der Waals surface area contributed by atoms with E-state index in [4.69, 9.17) is 9.88 Å². The number of amides is 2. The third-order valence-electron chi connectivity index (χ3n) is 3.29. The number of nitrogens with one attached hydrogen (secondary N) is 2. The number of hydrogen-bond donors (Lipinski definition) is 3.